The van der Waals surface area contributed by atoms with Crippen molar-refractivity contribution in [2.75, 3.05) is 0 Å². The highest BCUT2D eigenvalue weighted by Crippen LogP contribution is 2.27. The van der Waals surface area contributed by atoms with Gasteiger partial charge < -0.3 is 5.73 Å². The number of carbonyl (C=O) groups excluding carboxylic acids is 1. The summed E-state index contributed by atoms with van der Waals surface area (Å²) in [5, 5.41) is 0.217. The summed E-state index contributed by atoms with van der Waals surface area (Å²) in [5.41, 5.74) is 5.24. The van der Waals surface area contributed by atoms with Crippen LogP contribution in [0.25, 0.3) is 0 Å². The molecule has 1 aromatic carbocycles. The van der Waals surface area contributed by atoms with Crippen molar-refractivity contribution in [1.82, 2.24) is 0 Å². The van der Waals surface area contributed by atoms with Crippen LogP contribution >= 0.6 is 11.8 Å². The Labute approximate surface area is 88.9 Å². The molecule has 1 rings (SSSR count). The lowest BCUT2D eigenvalue weighted by molar-refractivity contribution is -0.121. The Morgan fingerprint density at radius 2 is 1.86 bits per heavy atom. The maximum atomic E-state index is 10.9. The molecule has 0 aliphatic carbocycles. The van der Waals surface area contributed by atoms with Gasteiger partial charge >= 0.3 is 0 Å². The summed E-state index contributed by atoms with van der Waals surface area (Å²) in [6.45, 7) is 3.88. The van der Waals surface area contributed by atoms with E-state index in [1.54, 1.807) is 11.8 Å². The number of thioether (sulfide) groups is 1. The van der Waals surface area contributed by atoms with E-state index in [-0.39, 0.29) is 17.1 Å². The molecule has 0 saturated carbocycles. The van der Waals surface area contributed by atoms with Crippen LogP contribution in [0.5, 0.6) is 0 Å². The molecule has 0 bridgehead atoms. The second kappa shape index (κ2) is 5.05. The topological polar surface area (TPSA) is 43.1 Å². The summed E-state index contributed by atoms with van der Waals surface area (Å²) < 4.78 is 0. The van der Waals surface area contributed by atoms with Gasteiger partial charge in [0.15, 0.2) is 0 Å². The first kappa shape index (κ1) is 11.1. The number of hydrogen-bond acceptors (Lipinski definition) is 2. The van der Waals surface area contributed by atoms with Crippen LogP contribution in [0.15, 0.2) is 35.2 Å². The van der Waals surface area contributed by atoms with Crippen molar-refractivity contribution >= 4 is 17.7 Å². The van der Waals surface area contributed by atoms with Gasteiger partial charge in [0.05, 0.1) is 0 Å². The van der Waals surface area contributed by atoms with E-state index in [1.807, 2.05) is 44.2 Å². The van der Waals surface area contributed by atoms with Crippen molar-refractivity contribution in [3.8, 4) is 0 Å². The number of benzene rings is 1. The fourth-order valence-corrected chi connectivity index (χ4v) is 2.13. The van der Waals surface area contributed by atoms with Gasteiger partial charge in [-0.3, -0.25) is 4.79 Å². The molecule has 0 radical (unpaired) electrons. The minimum Gasteiger partial charge on any atom is -0.369 e. The van der Waals surface area contributed by atoms with Crippen molar-refractivity contribution in [3.63, 3.8) is 0 Å². The van der Waals surface area contributed by atoms with E-state index in [1.165, 1.54) is 4.90 Å². The van der Waals surface area contributed by atoms with Gasteiger partial charge in [-0.2, -0.15) is 0 Å². The Morgan fingerprint density at radius 3 is 2.36 bits per heavy atom. The van der Waals surface area contributed by atoms with Crippen molar-refractivity contribution in [2.24, 2.45) is 11.7 Å². The Morgan fingerprint density at radius 1 is 1.29 bits per heavy atom. The van der Waals surface area contributed by atoms with E-state index in [9.17, 15) is 4.79 Å². The van der Waals surface area contributed by atoms with Crippen molar-refractivity contribution in [1.29, 1.82) is 0 Å². The highest BCUT2D eigenvalue weighted by atomic mass is 32.2. The van der Waals surface area contributed by atoms with Crippen molar-refractivity contribution in [2.45, 2.75) is 24.0 Å². The van der Waals surface area contributed by atoms with Crippen LogP contribution in [0, 0.1) is 5.92 Å². The molecule has 2 N–H and O–H groups in total. The molecule has 0 aromatic heterocycles. The molecular weight excluding hydrogens is 194 g/mol. The predicted molar refractivity (Wildman–Crippen MR) is 60.1 cm³/mol. The summed E-state index contributed by atoms with van der Waals surface area (Å²) in [6.07, 6.45) is 0. The summed E-state index contributed by atoms with van der Waals surface area (Å²) in [4.78, 5) is 12.1. The van der Waals surface area contributed by atoms with Gasteiger partial charge in [0.2, 0.25) is 5.91 Å². The summed E-state index contributed by atoms with van der Waals surface area (Å²) in [7, 11) is 0. The Hall–Kier alpha value is -0.960. The second-order valence-corrected chi connectivity index (χ2v) is 4.78. The molecule has 14 heavy (non-hydrogen) atoms. The SMILES string of the molecule is C[C@H](Sc1ccccc1)[C@@H](C)C(N)=O. The first-order valence-corrected chi connectivity index (χ1v) is 5.50. The van der Waals surface area contributed by atoms with Crippen LogP contribution in [-0.4, -0.2) is 11.2 Å². The van der Waals surface area contributed by atoms with Gasteiger partial charge in [0.25, 0.3) is 0 Å². The maximum Gasteiger partial charge on any atom is 0.221 e. The molecule has 1 amide bonds. The van der Waals surface area contributed by atoms with Gasteiger partial charge in [0, 0.05) is 16.1 Å². The largest absolute Gasteiger partial charge is 0.369 e. The molecule has 1 aromatic rings. The molecule has 0 aliphatic heterocycles. The third-order valence-corrected chi connectivity index (χ3v) is 3.54. The van der Waals surface area contributed by atoms with Gasteiger partial charge in [-0.25, -0.2) is 0 Å². The number of nitrogens with two attached hydrogens (primary N) is 1. The summed E-state index contributed by atoms with van der Waals surface area (Å²) >= 11 is 1.68. The summed E-state index contributed by atoms with van der Waals surface area (Å²) in [6, 6.07) is 10.0. The lowest BCUT2D eigenvalue weighted by Crippen LogP contribution is -2.27. The molecule has 76 valence electrons. The molecule has 2 nitrogen and oxygen atoms in total. The fourth-order valence-electron chi connectivity index (χ4n) is 1.05. The zero-order valence-corrected chi connectivity index (χ0v) is 9.25. The molecule has 0 heterocycles. The Bertz CT molecular complexity index is 299. The van der Waals surface area contributed by atoms with Gasteiger partial charge in [-0.05, 0) is 12.1 Å². The van der Waals surface area contributed by atoms with Crippen LogP contribution in [-0.2, 0) is 4.79 Å². The molecule has 0 fully saturated rings. The second-order valence-electron chi connectivity index (χ2n) is 3.33. The first-order valence-electron chi connectivity index (χ1n) is 4.62. The minimum atomic E-state index is -0.235. The minimum absolute atomic E-state index is 0.0970. The lowest BCUT2D eigenvalue weighted by atomic mass is 10.1. The van der Waals surface area contributed by atoms with E-state index in [0.717, 1.165) is 0 Å². The highest BCUT2D eigenvalue weighted by Gasteiger charge is 2.18. The van der Waals surface area contributed by atoms with Crippen LogP contribution in [0.2, 0.25) is 0 Å². The van der Waals surface area contributed by atoms with E-state index in [2.05, 4.69) is 0 Å². The summed E-state index contributed by atoms with van der Waals surface area (Å²) in [5.74, 6) is -0.332. The molecular formula is C11H15NOS. The highest BCUT2D eigenvalue weighted by molar-refractivity contribution is 8.00. The number of hydrogen-bond donors (Lipinski definition) is 1. The van der Waals surface area contributed by atoms with E-state index in [0.29, 0.717) is 0 Å². The van der Waals surface area contributed by atoms with E-state index < -0.39 is 0 Å². The average molecular weight is 209 g/mol. The lowest BCUT2D eigenvalue weighted by Gasteiger charge is -2.15. The Kier molecular flexibility index (Phi) is 4.01. The van der Waals surface area contributed by atoms with Crippen molar-refractivity contribution in [3.05, 3.63) is 30.3 Å². The predicted octanol–water partition coefficient (Wildman–Crippen LogP) is 2.29. The number of carbonyl (C=O) groups is 1. The van der Waals surface area contributed by atoms with E-state index >= 15 is 0 Å². The fraction of sp³-hybridized carbons (Fsp3) is 0.364. The van der Waals surface area contributed by atoms with Crippen LogP contribution in [0.3, 0.4) is 0 Å². The quantitative estimate of drug-likeness (QED) is 0.773. The molecule has 0 unspecified atom stereocenters. The van der Waals surface area contributed by atoms with Crippen molar-refractivity contribution < 1.29 is 4.79 Å². The zero-order valence-electron chi connectivity index (χ0n) is 8.44. The molecule has 2 atom stereocenters. The van der Waals surface area contributed by atoms with Gasteiger partial charge in [-0.15, -0.1) is 11.8 Å². The number of rotatable bonds is 4. The third-order valence-electron chi connectivity index (χ3n) is 2.22. The monoisotopic (exact) mass is 209 g/mol. The number of primary amides is 1. The Balaban J connectivity index is 2.57. The standard InChI is InChI=1S/C11H15NOS/c1-8(11(12)13)9(2)14-10-6-4-3-5-7-10/h3-9H,1-2H3,(H2,12,13)/t8-,9+/m1/s1. The van der Waals surface area contributed by atoms with Crippen LogP contribution < -0.4 is 5.73 Å². The molecule has 0 aliphatic rings. The van der Waals surface area contributed by atoms with Crippen LogP contribution in [0.4, 0.5) is 0 Å². The number of amides is 1. The zero-order chi connectivity index (χ0) is 10.6. The van der Waals surface area contributed by atoms with Gasteiger partial charge in [0.1, 0.15) is 0 Å². The van der Waals surface area contributed by atoms with Crippen LogP contribution in [0.1, 0.15) is 13.8 Å². The smallest absolute Gasteiger partial charge is 0.221 e. The molecule has 0 saturated heterocycles. The average Bonchev–Trinajstić information content (AvgIpc) is 2.18. The third kappa shape index (κ3) is 3.07. The maximum absolute atomic E-state index is 10.9. The molecule has 3 heteroatoms. The molecule has 0 spiro atoms. The first-order chi connectivity index (χ1) is 6.61. The van der Waals surface area contributed by atoms with Gasteiger partial charge in [-0.1, -0.05) is 32.0 Å². The van der Waals surface area contributed by atoms with E-state index in [4.69, 9.17) is 5.73 Å². The normalized spacial score (nSPS) is 14.7.